The molecule has 9 heteroatoms. The minimum absolute atomic E-state index is 0. The van der Waals surface area contributed by atoms with Crippen LogP contribution in [-0.4, -0.2) is 49.0 Å². The summed E-state index contributed by atoms with van der Waals surface area (Å²) in [5, 5.41) is 10.8. The minimum Gasteiger partial charge on any atom is -0.549 e. The van der Waals surface area contributed by atoms with E-state index in [-0.39, 0.29) is 37.0 Å². The number of halogens is 1. The predicted octanol–water partition coefficient (Wildman–Crippen LogP) is -0.674. The maximum absolute atomic E-state index is 13.3. The molecule has 0 saturated carbocycles. The molecule has 0 radical (unpaired) electrons. The Bertz CT molecular complexity index is 1010. The Kier molecular flexibility index (Phi) is 9.86. The summed E-state index contributed by atoms with van der Waals surface area (Å²) in [6.45, 7) is 1.96. The van der Waals surface area contributed by atoms with Crippen LogP contribution in [0, 0.1) is 5.82 Å². The zero-order valence-electron chi connectivity index (χ0n) is 18.9. The van der Waals surface area contributed by atoms with Crippen molar-refractivity contribution < 1.29 is 47.4 Å². The molecule has 33 heavy (non-hydrogen) atoms. The van der Waals surface area contributed by atoms with Gasteiger partial charge >= 0.3 is 18.9 Å². The molecule has 1 aliphatic rings. The van der Waals surface area contributed by atoms with Crippen LogP contribution in [0.4, 0.5) is 4.39 Å². The molecule has 0 bridgehead atoms. The van der Waals surface area contributed by atoms with Crippen LogP contribution in [0.15, 0.2) is 65.4 Å². The molecule has 2 aromatic carbocycles. The molecule has 3 rings (SSSR count). The molecule has 0 saturated heterocycles. The van der Waals surface area contributed by atoms with Crippen LogP contribution in [0.5, 0.6) is 11.5 Å². The fourth-order valence-corrected chi connectivity index (χ4v) is 3.11. The summed E-state index contributed by atoms with van der Waals surface area (Å²) in [4.78, 5) is 28.2. The van der Waals surface area contributed by atoms with Crippen LogP contribution in [0.25, 0.3) is 0 Å². The number of hydrogen-bond acceptors (Lipinski definition) is 7. The number of nitrogens with zero attached hydrogens (tertiary/aromatic N) is 2. The van der Waals surface area contributed by atoms with Gasteiger partial charge in [0.05, 0.1) is 12.2 Å². The van der Waals surface area contributed by atoms with Crippen molar-refractivity contribution in [2.45, 2.75) is 25.5 Å². The second kappa shape index (κ2) is 12.4. The van der Waals surface area contributed by atoms with E-state index in [2.05, 4.69) is 4.99 Å². The van der Waals surface area contributed by atoms with Crippen molar-refractivity contribution in [2.75, 3.05) is 20.1 Å². The number of aliphatic imine (C=N–C) groups is 1. The van der Waals surface area contributed by atoms with Gasteiger partial charge in [0.2, 0.25) is 0 Å². The average molecular weight is 446 g/mol. The van der Waals surface area contributed by atoms with E-state index >= 15 is 0 Å². The summed E-state index contributed by atoms with van der Waals surface area (Å²) in [5.74, 6) is -0.182. The third kappa shape index (κ3) is 8.17. The van der Waals surface area contributed by atoms with Gasteiger partial charge in [-0.15, -0.1) is 0 Å². The van der Waals surface area contributed by atoms with E-state index in [9.17, 15) is 19.1 Å². The molecule has 1 heterocycles. The number of ketones is 1. The zero-order valence-corrected chi connectivity index (χ0v) is 18.9. The van der Waals surface area contributed by atoms with E-state index < -0.39 is 18.1 Å². The van der Waals surface area contributed by atoms with Gasteiger partial charge in [0, 0.05) is 25.6 Å². The van der Waals surface area contributed by atoms with Gasteiger partial charge in [0.1, 0.15) is 35.2 Å². The second-order valence-electron chi connectivity index (χ2n) is 7.53. The van der Waals surface area contributed by atoms with E-state index in [0.717, 1.165) is 5.56 Å². The van der Waals surface area contributed by atoms with Gasteiger partial charge in [-0.05, 0) is 55.9 Å². The Morgan fingerprint density at radius 1 is 1.15 bits per heavy atom. The van der Waals surface area contributed by atoms with E-state index in [4.69, 9.17) is 9.47 Å². The first-order valence-corrected chi connectivity index (χ1v) is 10.2. The number of dihydropyridines is 1. The Labute approximate surface area is 204 Å². The normalized spacial score (nSPS) is 16.1. The van der Waals surface area contributed by atoms with Crippen molar-refractivity contribution in [3.8, 4) is 11.5 Å². The van der Waals surface area contributed by atoms with Crippen molar-refractivity contribution in [2.24, 2.45) is 4.99 Å². The molecule has 7 nitrogen and oxygen atoms in total. The molecule has 2 aromatic rings. The molecule has 2 atom stereocenters. The fourth-order valence-electron chi connectivity index (χ4n) is 3.11. The molecule has 0 spiro atoms. The maximum atomic E-state index is 13.3. The van der Waals surface area contributed by atoms with Crippen molar-refractivity contribution in [3.63, 3.8) is 0 Å². The summed E-state index contributed by atoms with van der Waals surface area (Å²) in [5.41, 5.74) is 0.768. The van der Waals surface area contributed by atoms with E-state index in [1.54, 1.807) is 55.3 Å². The summed E-state index contributed by atoms with van der Waals surface area (Å²) in [6, 6.07) is 12.5. The van der Waals surface area contributed by atoms with Crippen LogP contribution in [0.3, 0.4) is 0 Å². The first kappa shape index (κ1) is 26.3. The Morgan fingerprint density at radius 2 is 1.79 bits per heavy atom. The van der Waals surface area contributed by atoms with Crippen molar-refractivity contribution in [3.05, 3.63) is 71.7 Å². The van der Waals surface area contributed by atoms with Crippen molar-refractivity contribution in [1.29, 1.82) is 0 Å². The van der Waals surface area contributed by atoms with Gasteiger partial charge < -0.3 is 24.3 Å². The molecule has 168 valence electrons. The summed E-state index contributed by atoms with van der Waals surface area (Å²) < 4.78 is 25.1. The number of aliphatic carboxylic acids is 1. The number of carbonyl (C=O) groups is 2. The molecule has 1 aliphatic heterocycles. The molecule has 0 amide bonds. The summed E-state index contributed by atoms with van der Waals surface area (Å²) in [6.07, 6.45) is 3.00. The SMILES string of the molecule is CC1N=CC(Oc2ccc(OC(CCN(C)CC(=O)[O-])c3ccc(F)cc3)cc2)=CC1=O.[Li+]. The third-order valence-electron chi connectivity index (χ3n) is 4.87. The van der Waals surface area contributed by atoms with Gasteiger partial charge in [-0.2, -0.15) is 0 Å². The number of carboxylic acid groups (broad SMARTS) is 1. The van der Waals surface area contributed by atoms with Crippen LogP contribution in [0.1, 0.15) is 25.0 Å². The Hall–Kier alpha value is -2.92. The third-order valence-corrected chi connectivity index (χ3v) is 4.87. The van der Waals surface area contributed by atoms with E-state index in [1.807, 2.05) is 0 Å². The Morgan fingerprint density at radius 3 is 2.39 bits per heavy atom. The molecular weight excluding hydrogens is 422 g/mol. The van der Waals surface area contributed by atoms with Crippen LogP contribution in [-0.2, 0) is 9.59 Å². The number of carboxylic acids is 1. The molecule has 0 N–H and O–H groups in total. The zero-order chi connectivity index (χ0) is 23.1. The van der Waals surface area contributed by atoms with Crippen molar-refractivity contribution >= 4 is 18.0 Å². The number of rotatable bonds is 10. The van der Waals surface area contributed by atoms with Gasteiger partial charge in [-0.1, -0.05) is 12.1 Å². The first-order valence-electron chi connectivity index (χ1n) is 10.2. The standard InChI is InChI=1S/C24H25FN2O5.Li/c1-16-22(28)13-21(14-26-16)31-19-7-9-20(10-8-19)32-23(11-12-27(2)15-24(29)30)17-3-5-18(25)6-4-17;/h3-10,13-14,16,23H,11-12,15H2,1-2H3,(H,29,30);/q;+1/p-1. The molecular formula is C24H24FLiN2O5. The fraction of sp³-hybridized carbons (Fsp3) is 0.292. The first-order chi connectivity index (χ1) is 15.3. The molecule has 0 fully saturated rings. The number of ether oxygens (including phenoxy) is 2. The smallest absolute Gasteiger partial charge is 0.549 e. The predicted molar refractivity (Wildman–Crippen MR) is 115 cm³/mol. The van der Waals surface area contributed by atoms with Crippen LogP contribution < -0.4 is 33.4 Å². The monoisotopic (exact) mass is 446 g/mol. The topological polar surface area (TPSA) is 91.3 Å². The van der Waals surface area contributed by atoms with Crippen LogP contribution in [0.2, 0.25) is 0 Å². The van der Waals surface area contributed by atoms with Gasteiger partial charge in [-0.3, -0.25) is 9.79 Å². The molecule has 2 unspecified atom stereocenters. The van der Waals surface area contributed by atoms with Crippen molar-refractivity contribution in [1.82, 2.24) is 4.90 Å². The number of carbonyl (C=O) groups excluding carboxylic acids is 2. The summed E-state index contributed by atoms with van der Waals surface area (Å²) in [7, 11) is 1.68. The molecule has 0 aromatic heterocycles. The number of benzene rings is 2. The average Bonchev–Trinajstić information content (AvgIpc) is 2.75. The van der Waals surface area contributed by atoms with E-state index in [0.29, 0.717) is 30.2 Å². The largest absolute Gasteiger partial charge is 1.00 e. The number of likely N-dealkylation sites (N-methyl/N-ethyl adjacent to an activating group) is 1. The minimum atomic E-state index is -1.16. The maximum Gasteiger partial charge on any atom is 1.00 e. The second-order valence-corrected chi connectivity index (χ2v) is 7.53. The van der Waals surface area contributed by atoms with Gasteiger partial charge in [0.25, 0.3) is 0 Å². The molecule has 0 aliphatic carbocycles. The Balaban J connectivity index is 0.00000385. The summed E-state index contributed by atoms with van der Waals surface area (Å²) >= 11 is 0. The van der Waals surface area contributed by atoms with Gasteiger partial charge in [-0.25, -0.2) is 4.39 Å². The number of hydrogen-bond donors (Lipinski definition) is 0. The quantitative estimate of drug-likeness (QED) is 0.450. The van der Waals surface area contributed by atoms with Gasteiger partial charge in [0.15, 0.2) is 5.78 Å². The number of allylic oxidation sites excluding steroid dienone is 1. The van der Waals surface area contributed by atoms with Crippen LogP contribution >= 0.6 is 0 Å². The van der Waals surface area contributed by atoms with E-state index in [1.165, 1.54) is 24.4 Å².